The molecule has 0 radical (unpaired) electrons. The standard InChI is InChI=1S/C24H22ClF2N3O2/c1-13(2)30-12-17(11-28-30)16-6-4-15(5-7-16)10-18-14(3)21-20(31)9-8-19(25)22(21)29-23(18)32-24(26)27/h4-9,11-13,24,31H,10H2,1-3H3. The number of rotatable bonds is 6. The molecule has 0 aliphatic carbocycles. The van der Waals surface area contributed by atoms with Crippen LogP contribution in [-0.2, 0) is 6.42 Å². The van der Waals surface area contributed by atoms with E-state index in [0.717, 1.165) is 16.7 Å². The van der Waals surface area contributed by atoms with Crippen molar-refractivity contribution in [3.63, 3.8) is 0 Å². The summed E-state index contributed by atoms with van der Waals surface area (Å²) in [6.45, 7) is 2.82. The Morgan fingerprint density at radius 3 is 2.44 bits per heavy atom. The Bertz CT molecular complexity index is 1270. The Morgan fingerprint density at radius 2 is 1.81 bits per heavy atom. The largest absolute Gasteiger partial charge is 0.507 e. The molecule has 0 aliphatic heterocycles. The molecule has 0 saturated heterocycles. The number of hydrogen-bond donors (Lipinski definition) is 1. The molecule has 0 spiro atoms. The summed E-state index contributed by atoms with van der Waals surface area (Å²) in [6, 6.07) is 11.0. The molecule has 2 aromatic carbocycles. The monoisotopic (exact) mass is 457 g/mol. The predicted octanol–water partition coefficient (Wildman–Crippen LogP) is 6.54. The number of pyridine rings is 1. The topological polar surface area (TPSA) is 60.2 Å². The zero-order valence-corrected chi connectivity index (χ0v) is 18.6. The molecule has 5 nitrogen and oxygen atoms in total. The van der Waals surface area contributed by atoms with Crippen molar-refractivity contribution in [1.82, 2.24) is 14.8 Å². The van der Waals surface area contributed by atoms with Crippen molar-refractivity contribution in [1.29, 1.82) is 0 Å². The Kier molecular flexibility index (Phi) is 6.02. The molecule has 8 heteroatoms. The average Bonchev–Trinajstić information content (AvgIpc) is 3.24. The minimum Gasteiger partial charge on any atom is -0.507 e. The van der Waals surface area contributed by atoms with Gasteiger partial charge in [0.1, 0.15) is 5.75 Å². The van der Waals surface area contributed by atoms with Gasteiger partial charge in [0.25, 0.3) is 0 Å². The molecule has 0 saturated carbocycles. The van der Waals surface area contributed by atoms with Crippen LogP contribution in [0.1, 0.15) is 36.6 Å². The van der Waals surface area contributed by atoms with E-state index in [4.69, 9.17) is 16.3 Å². The van der Waals surface area contributed by atoms with Crippen LogP contribution in [-0.4, -0.2) is 26.5 Å². The van der Waals surface area contributed by atoms with E-state index in [2.05, 4.69) is 23.9 Å². The number of aromatic hydroxyl groups is 1. The fourth-order valence-electron chi connectivity index (χ4n) is 3.69. The normalized spacial score (nSPS) is 11.6. The van der Waals surface area contributed by atoms with Crippen molar-refractivity contribution in [3.8, 4) is 22.8 Å². The first-order chi connectivity index (χ1) is 15.2. The van der Waals surface area contributed by atoms with Gasteiger partial charge in [-0.3, -0.25) is 4.68 Å². The molecule has 2 aromatic heterocycles. The fraction of sp³-hybridized carbons (Fsp3) is 0.250. The summed E-state index contributed by atoms with van der Waals surface area (Å²) in [5.74, 6) is -0.212. The van der Waals surface area contributed by atoms with Gasteiger partial charge in [0.15, 0.2) is 0 Å². The van der Waals surface area contributed by atoms with Gasteiger partial charge in [-0.15, -0.1) is 0 Å². The van der Waals surface area contributed by atoms with Crippen molar-refractivity contribution in [3.05, 3.63) is 70.5 Å². The number of alkyl halides is 2. The average molecular weight is 458 g/mol. The van der Waals surface area contributed by atoms with Gasteiger partial charge in [-0.1, -0.05) is 35.9 Å². The Labute approximate surface area is 189 Å². The Balaban J connectivity index is 1.72. The zero-order chi connectivity index (χ0) is 23.0. The molecule has 0 fully saturated rings. The first-order valence-electron chi connectivity index (χ1n) is 10.1. The van der Waals surface area contributed by atoms with Crippen LogP contribution in [0.25, 0.3) is 22.0 Å². The van der Waals surface area contributed by atoms with Crippen LogP contribution in [0.15, 0.2) is 48.8 Å². The number of hydrogen-bond acceptors (Lipinski definition) is 4. The van der Waals surface area contributed by atoms with Crippen LogP contribution in [0.3, 0.4) is 0 Å². The van der Waals surface area contributed by atoms with Gasteiger partial charge in [0.05, 0.1) is 16.7 Å². The summed E-state index contributed by atoms with van der Waals surface area (Å²) in [4.78, 5) is 4.21. The first kappa shape index (κ1) is 22.0. The van der Waals surface area contributed by atoms with Crippen molar-refractivity contribution >= 4 is 22.5 Å². The molecule has 0 atom stereocenters. The van der Waals surface area contributed by atoms with Gasteiger partial charge in [0.2, 0.25) is 5.88 Å². The summed E-state index contributed by atoms with van der Waals surface area (Å²) in [5.41, 5.74) is 4.16. The van der Waals surface area contributed by atoms with E-state index < -0.39 is 6.61 Å². The van der Waals surface area contributed by atoms with Gasteiger partial charge >= 0.3 is 6.61 Å². The molecule has 2 heterocycles. The number of phenols is 1. The maximum Gasteiger partial charge on any atom is 0.388 e. The molecular weight excluding hydrogens is 436 g/mol. The SMILES string of the molecule is Cc1c(Cc2ccc(-c3cnn(C(C)C)c3)cc2)c(OC(F)F)nc2c(Cl)ccc(O)c12. The number of ether oxygens (including phenoxy) is 1. The third-order valence-electron chi connectivity index (χ3n) is 5.41. The number of fused-ring (bicyclic) bond motifs is 1. The first-order valence-corrected chi connectivity index (χ1v) is 10.5. The van der Waals surface area contributed by atoms with E-state index in [0.29, 0.717) is 22.9 Å². The van der Waals surface area contributed by atoms with Crippen LogP contribution in [0.2, 0.25) is 5.02 Å². The Morgan fingerprint density at radius 1 is 1.09 bits per heavy atom. The summed E-state index contributed by atoms with van der Waals surface area (Å²) >= 11 is 6.20. The molecule has 4 rings (SSSR count). The maximum absolute atomic E-state index is 13.1. The molecule has 1 N–H and O–H groups in total. The van der Waals surface area contributed by atoms with Gasteiger partial charge in [-0.05, 0) is 49.6 Å². The summed E-state index contributed by atoms with van der Waals surface area (Å²) < 4.78 is 32.8. The lowest BCUT2D eigenvalue weighted by molar-refractivity contribution is -0.0532. The summed E-state index contributed by atoms with van der Waals surface area (Å²) in [5, 5.41) is 15.4. The number of aromatic nitrogens is 3. The highest BCUT2D eigenvalue weighted by Crippen LogP contribution is 2.38. The second-order valence-corrected chi connectivity index (χ2v) is 8.27. The molecule has 4 aromatic rings. The molecule has 0 unspecified atom stereocenters. The van der Waals surface area contributed by atoms with E-state index >= 15 is 0 Å². The van der Waals surface area contributed by atoms with Crippen molar-refractivity contribution < 1.29 is 18.6 Å². The molecule has 166 valence electrons. The van der Waals surface area contributed by atoms with Crippen LogP contribution < -0.4 is 4.74 Å². The number of aryl methyl sites for hydroxylation is 1. The van der Waals surface area contributed by atoms with Crippen LogP contribution in [0.5, 0.6) is 11.6 Å². The van der Waals surface area contributed by atoms with Gasteiger partial charge in [-0.25, -0.2) is 4.98 Å². The molecule has 0 aliphatic rings. The third-order valence-corrected chi connectivity index (χ3v) is 5.71. The van der Waals surface area contributed by atoms with E-state index in [1.165, 1.54) is 12.1 Å². The number of nitrogens with zero attached hydrogens (tertiary/aromatic N) is 3. The fourth-order valence-corrected chi connectivity index (χ4v) is 3.89. The lowest BCUT2D eigenvalue weighted by Gasteiger charge is -2.16. The lowest BCUT2D eigenvalue weighted by Crippen LogP contribution is -2.09. The number of benzene rings is 2. The molecular formula is C24H22ClF2N3O2. The number of halogens is 3. The summed E-state index contributed by atoms with van der Waals surface area (Å²) in [6.07, 6.45) is 4.10. The number of phenolic OH excluding ortho intramolecular Hbond substituents is 1. The van der Waals surface area contributed by atoms with E-state index in [1.54, 1.807) is 6.92 Å². The predicted molar refractivity (Wildman–Crippen MR) is 121 cm³/mol. The van der Waals surface area contributed by atoms with Crippen LogP contribution >= 0.6 is 11.6 Å². The van der Waals surface area contributed by atoms with Crippen LogP contribution in [0, 0.1) is 6.92 Å². The minimum absolute atomic E-state index is 0.0169. The zero-order valence-electron chi connectivity index (χ0n) is 17.8. The van der Waals surface area contributed by atoms with E-state index in [-0.39, 0.29) is 28.2 Å². The van der Waals surface area contributed by atoms with Gasteiger partial charge in [0, 0.05) is 35.2 Å². The highest BCUT2D eigenvalue weighted by molar-refractivity contribution is 6.35. The summed E-state index contributed by atoms with van der Waals surface area (Å²) in [7, 11) is 0. The molecule has 32 heavy (non-hydrogen) atoms. The van der Waals surface area contributed by atoms with Gasteiger partial charge < -0.3 is 9.84 Å². The van der Waals surface area contributed by atoms with Crippen molar-refractivity contribution in [2.24, 2.45) is 0 Å². The lowest BCUT2D eigenvalue weighted by atomic mass is 9.96. The second-order valence-electron chi connectivity index (χ2n) is 7.87. The molecule has 0 bridgehead atoms. The van der Waals surface area contributed by atoms with Crippen LogP contribution in [0.4, 0.5) is 8.78 Å². The van der Waals surface area contributed by atoms with Crippen molar-refractivity contribution in [2.45, 2.75) is 39.8 Å². The van der Waals surface area contributed by atoms with Crippen molar-refractivity contribution in [2.75, 3.05) is 0 Å². The highest BCUT2D eigenvalue weighted by Gasteiger charge is 2.20. The third kappa shape index (κ3) is 4.25. The van der Waals surface area contributed by atoms with Gasteiger partial charge in [-0.2, -0.15) is 13.9 Å². The molecule has 0 amide bonds. The second kappa shape index (κ2) is 8.74. The smallest absolute Gasteiger partial charge is 0.388 e. The van der Waals surface area contributed by atoms with E-state index in [1.807, 2.05) is 41.3 Å². The maximum atomic E-state index is 13.1. The van der Waals surface area contributed by atoms with E-state index in [9.17, 15) is 13.9 Å². The Hall–Kier alpha value is -3.19. The quantitative estimate of drug-likeness (QED) is 0.357. The highest BCUT2D eigenvalue weighted by atomic mass is 35.5. The minimum atomic E-state index is -3.03.